The van der Waals surface area contributed by atoms with Crippen LogP contribution in [-0.4, -0.2) is 15.4 Å². The zero-order valence-corrected chi connectivity index (χ0v) is 11.8. The molecule has 0 saturated heterocycles. The minimum Gasteiger partial charge on any atom is -0.469 e. The second kappa shape index (κ2) is 5.92. The number of ether oxygens (including phenoxy) is 1. The average molecular weight is 304 g/mol. The number of rotatable bonds is 5. The van der Waals surface area contributed by atoms with Crippen LogP contribution in [0.3, 0.4) is 0 Å². The van der Waals surface area contributed by atoms with E-state index in [0.717, 1.165) is 5.76 Å². The average Bonchev–Trinajstić information content (AvgIpc) is 3.14. The summed E-state index contributed by atoms with van der Waals surface area (Å²) in [5, 5.41) is 1.78. The van der Waals surface area contributed by atoms with E-state index in [1.165, 1.54) is 21.8 Å². The Kier molecular flexibility index (Phi) is 3.83. The predicted molar refractivity (Wildman–Crippen MR) is 76.2 cm³/mol. The first kappa shape index (κ1) is 13.6. The van der Waals surface area contributed by atoms with Gasteiger partial charge in [-0.05, 0) is 12.1 Å². The molecule has 3 heterocycles. The Bertz CT molecular complexity index is 804. The fourth-order valence-electron chi connectivity index (χ4n) is 1.87. The number of furan rings is 1. The zero-order chi connectivity index (χ0) is 14.7. The van der Waals surface area contributed by atoms with Gasteiger partial charge in [0.2, 0.25) is 0 Å². The van der Waals surface area contributed by atoms with Crippen LogP contribution in [0, 0.1) is 0 Å². The highest BCUT2D eigenvalue weighted by Gasteiger charge is 2.08. The van der Waals surface area contributed by atoms with Crippen molar-refractivity contribution in [2.45, 2.75) is 19.4 Å². The van der Waals surface area contributed by atoms with Gasteiger partial charge in [-0.15, -0.1) is 11.3 Å². The summed E-state index contributed by atoms with van der Waals surface area (Å²) in [6.45, 7) is 0.000623. The molecular formula is C14H12N2O4S. The van der Waals surface area contributed by atoms with E-state index in [4.69, 9.17) is 9.15 Å². The van der Waals surface area contributed by atoms with Crippen molar-refractivity contribution in [3.63, 3.8) is 0 Å². The van der Waals surface area contributed by atoms with Crippen molar-refractivity contribution in [1.82, 2.24) is 9.38 Å². The van der Waals surface area contributed by atoms with Gasteiger partial charge >= 0.3 is 5.97 Å². The molecule has 3 rings (SSSR count). The summed E-state index contributed by atoms with van der Waals surface area (Å²) in [6, 6.07) is 4.95. The highest BCUT2D eigenvalue weighted by Crippen LogP contribution is 2.08. The van der Waals surface area contributed by atoms with Crippen LogP contribution >= 0.6 is 11.3 Å². The Morgan fingerprint density at radius 3 is 3.19 bits per heavy atom. The Hall–Kier alpha value is -2.41. The molecule has 0 bridgehead atoms. The molecule has 21 heavy (non-hydrogen) atoms. The summed E-state index contributed by atoms with van der Waals surface area (Å²) in [4.78, 5) is 28.3. The molecule has 0 aliphatic rings. The summed E-state index contributed by atoms with van der Waals surface area (Å²) in [5.74, 6) is 0.392. The van der Waals surface area contributed by atoms with Crippen LogP contribution in [0.5, 0.6) is 0 Å². The summed E-state index contributed by atoms with van der Waals surface area (Å²) in [6.07, 6.45) is 3.95. The van der Waals surface area contributed by atoms with Crippen molar-refractivity contribution >= 4 is 22.3 Å². The van der Waals surface area contributed by atoms with E-state index < -0.39 is 0 Å². The molecule has 0 fully saturated rings. The second-order valence-electron chi connectivity index (χ2n) is 4.38. The van der Waals surface area contributed by atoms with E-state index in [0.29, 0.717) is 17.1 Å². The lowest BCUT2D eigenvalue weighted by molar-refractivity contribution is -0.145. The standard InChI is InChI=1S/C14H12N2O4S/c17-12-8-10(15-14-16(12)5-7-21-14)9-20-13(18)4-3-11-2-1-6-19-11/h1-2,5-8H,3-4,9H2. The maximum absolute atomic E-state index is 11.8. The van der Waals surface area contributed by atoms with Gasteiger partial charge in [-0.3, -0.25) is 14.0 Å². The van der Waals surface area contributed by atoms with E-state index in [1.807, 2.05) is 0 Å². The Balaban J connectivity index is 1.58. The van der Waals surface area contributed by atoms with Gasteiger partial charge in [0.05, 0.1) is 18.4 Å². The number of hydrogen-bond donors (Lipinski definition) is 0. The van der Waals surface area contributed by atoms with E-state index in [9.17, 15) is 9.59 Å². The van der Waals surface area contributed by atoms with E-state index >= 15 is 0 Å². The maximum atomic E-state index is 11.8. The lowest BCUT2D eigenvalue weighted by Gasteiger charge is -2.04. The summed E-state index contributed by atoms with van der Waals surface area (Å²) in [7, 11) is 0. The normalized spacial score (nSPS) is 10.9. The quantitative estimate of drug-likeness (QED) is 0.674. The SMILES string of the molecule is O=C(CCc1ccco1)OCc1cc(=O)n2ccsc2n1. The lowest BCUT2D eigenvalue weighted by Crippen LogP contribution is -2.14. The molecule has 6 nitrogen and oxygen atoms in total. The molecule has 0 N–H and O–H groups in total. The third kappa shape index (κ3) is 3.19. The second-order valence-corrected chi connectivity index (χ2v) is 5.25. The molecule has 0 aliphatic carbocycles. The minimum absolute atomic E-state index is 0.000623. The molecule has 3 aromatic rings. The zero-order valence-electron chi connectivity index (χ0n) is 11.0. The van der Waals surface area contributed by atoms with Crippen LogP contribution in [0.25, 0.3) is 4.96 Å². The smallest absolute Gasteiger partial charge is 0.306 e. The molecule has 0 unspecified atom stereocenters. The monoisotopic (exact) mass is 304 g/mol. The van der Waals surface area contributed by atoms with Crippen molar-refractivity contribution in [2.24, 2.45) is 0 Å². The summed E-state index contributed by atoms with van der Waals surface area (Å²) in [5.41, 5.74) is 0.275. The van der Waals surface area contributed by atoms with Gasteiger partial charge in [0.15, 0.2) is 4.96 Å². The molecular weight excluding hydrogens is 292 g/mol. The third-order valence-corrected chi connectivity index (χ3v) is 3.65. The molecule has 3 aromatic heterocycles. The predicted octanol–water partition coefficient (Wildman–Crippen LogP) is 2.03. The molecule has 0 aromatic carbocycles. The minimum atomic E-state index is -0.348. The number of fused-ring (bicyclic) bond motifs is 1. The molecule has 0 aliphatic heterocycles. The van der Waals surface area contributed by atoms with Gasteiger partial charge in [-0.25, -0.2) is 4.98 Å². The third-order valence-electron chi connectivity index (χ3n) is 2.89. The Labute approximate surface area is 123 Å². The summed E-state index contributed by atoms with van der Waals surface area (Å²) < 4.78 is 11.7. The Morgan fingerprint density at radius 1 is 1.48 bits per heavy atom. The first-order valence-electron chi connectivity index (χ1n) is 6.36. The van der Waals surface area contributed by atoms with Crippen molar-refractivity contribution in [2.75, 3.05) is 0 Å². The largest absolute Gasteiger partial charge is 0.469 e. The van der Waals surface area contributed by atoms with Crippen LogP contribution < -0.4 is 5.56 Å². The van der Waals surface area contributed by atoms with Gasteiger partial charge in [-0.2, -0.15) is 0 Å². The first-order chi connectivity index (χ1) is 10.2. The van der Waals surface area contributed by atoms with Crippen molar-refractivity contribution in [1.29, 1.82) is 0 Å². The fraction of sp³-hybridized carbons (Fsp3) is 0.214. The fourth-order valence-corrected chi connectivity index (χ4v) is 2.61. The molecule has 0 atom stereocenters. The molecule has 0 spiro atoms. The number of hydrogen-bond acceptors (Lipinski definition) is 6. The lowest BCUT2D eigenvalue weighted by atomic mass is 10.2. The molecule has 108 valence electrons. The number of aromatic nitrogens is 2. The number of aryl methyl sites for hydroxylation is 1. The highest BCUT2D eigenvalue weighted by molar-refractivity contribution is 7.15. The van der Waals surface area contributed by atoms with Gasteiger partial charge in [0.1, 0.15) is 12.4 Å². The first-order valence-corrected chi connectivity index (χ1v) is 7.24. The van der Waals surface area contributed by atoms with Crippen LogP contribution in [-0.2, 0) is 22.6 Å². The van der Waals surface area contributed by atoms with Crippen LogP contribution in [0.4, 0.5) is 0 Å². The van der Waals surface area contributed by atoms with Gasteiger partial charge in [0.25, 0.3) is 5.56 Å². The number of carbonyl (C=O) groups excluding carboxylic acids is 1. The number of carbonyl (C=O) groups is 1. The van der Waals surface area contributed by atoms with Gasteiger partial charge < -0.3 is 9.15 Å². The number of esters is 1. The van der Waals surface area contributed by atoms with Crippen LogP contribution in [0.15, 0.2) is 45.3 Å². The number of nitrogens with zero attached hydrogens (tertiary/aromatic N) is 2. The molecule has 0 saturated carbocycles. The van der Waals surface area contributed by atoms with E-state index in [2.05, 4.69) is 4.98 Å². The van der Waals surface area contributed by atoms with Crippen LogP contribution in [0.1, 0.15) is 17.9 Å². The van der Waals surface area contributed by atoms with E-state index in [-0.39, 0.29) is 24.6 Å². The van der Waals surface area contributed by atoms with Crippen molar-refractivity contribution < 1.29 is 13.9 Å². The highest BCUT2D eigenvalue weighted by atomic mass is 32.1. The number of thiazole rings is 1. The topological polar surface area (TPSA) is 73.8 Å². The van der Waals surface area contributed by atoms with Gasteiger partial charge in [0, 0.05) is 24.1 Å². The van der Waals surface area contributed by atoms with Crippen molar-refractivity contribution in [3.8, 4) is 0 Å². The summed E-state index contributed by atoms with van der Waals surface area (Å²) >= 11 is 1.36. The van der Waals surface area contributed by atoms with Crippen molar-refractivity contribution in [3.05, 3.63) is 57.8 Å². The van der Waals surface area contributed by atoms with E-state index in [1.54, 1.807) is 30.0 Å². The maximum Gasteiger partial charge on any atom is 0.306 e. The molecule has 7 heteroatoms. The Morgan fingerprint density at radius 2 is 2.38 bits per heavy atom. The van der Waals surface area contributed by atoms with Gasteiger partial charge in [-0.1, -0.05) is 0 Å². The molecule has 0 amide bonds. The van der Waals surface area contributed by atoms with Crippen LogP contribution in [0.2, 0.25) is 0 Å². The molecule has 0 radical (unpaired) electrons.